The standard InChI is InChI=1S/C29H27N5O3/c1-18-25-15-20(16-30-26(25)34(32-18)21-10-3-2-4-11-21)31-27(35)22-12-6-5-9-19(22)17-33-28(36)23-13-7-8-14-24(23)29(33)37/h2-4,7-8,10-11,13-16,19,22H,5-6,9,12,17H2,1H3,(H,31,35). The van der Waals surface area contributed by atoms with E-state index in [1.807, 2.05) is 43.3 Å². The fourth-order valence-electron chi connectivity index (χ4n) is 5.61. The molecule has 1 N–H and O–H groups in total. The number of benzene rings is 2. The van der Waals surface area contributed by atoms with E-state index in [2.05, 4.69) is 15.4 Å². The highest BCUT2D eigenvalue weighted by Crippen LogP contribution is 2.34. The van der Waals surface area contributed by atoms with Crippen molar-refractivity contribution in [1.82, 2.24) is 19.7 Å². The number of nitrogens with zero attached hydrogens (tertiary/aromatic N) is 4. The molecule has 1 saturated carbocycles. The van der Waals surface area contributed by atoms with Gasteiger partial charge in [0.05, 0.1) is 34.4 Å². The highest BCUT2D eigenvalue weighted by Gasteiger charge is 2.40. The predicted molar refractivity (Wildman–Crippen MR) is 139 cm³/mol. The Morgan fingerprint density at radius 2 is 1.65 bits per heavy atom. The first-order chi connectivity index (χ1) is 18.0. The van der Waals surface area contributed by atoms with Crippen molar-refractivity contribution in [3.05, 3.63) is 83.7 Å². The summed E-state index contributed by atoms with van der Waals surface area (Å²) in [7, 11) is 0. The Balaban J connectivity index is 1.21. The number of carbonyl (C=O) groups excluding carboxylic acids is 3. The molecule has 4 aromatic rings. The molecule has 8 nitrogen and oxygen atoms in total. The van der Waals surface area contributed by atoms with Gasteiger partial charge in [-0.2, -0.15) is 5.10 Å². The molecule has 1 aliphatic carbocycles. The normalized spacial score (nSPS) is 19.3. The van der Waals surface area contributed by atoms with E-state index >= 15 is 0 Å². The van der Waals surface area contributed by atoms with Gasteiger partial charge in [0.15, 0.2) is 5.65 Å². The van der Waals surface area contributed by atoms with E-state index in [0.717, 1.165) is 48.1 Å². The van der Waals surface area contributed by atoms with E-state index in [4.69, 9.17) is 0 Å². The van der Waals surface area contributed by atoms with Crippen molar-refractivity contribution in [3.8, 4) is 5.69 Å². The summed E-state index contributed by atoms with van der Waals surface area (Å²) in [6.07, 6.45) is 5.09. The molecule has 2 aromatic heterocycles. The van der Waals surface area contributed by atoms with Crippen LogP contribution >= 0.6 is 0 Å². The molecule has 6 rings (SSSR count). The molecule has 0 spiro atoms. The molecule has 8 heteroatoms. The Morgan fingerprint density at radius 3 is 2.38 bits per heavy atom. The van der Waals surface area contributed by atoms with Crippen LogP contribution in [0.2, 0.25) is 0 Å². The van der Waals surface area contributed by atoms with E-state index in [1.165, 1.54) is 4.90 Å². The molecular weight excluding hydrogens is 466 g/mol. The number of amides is 3. The Bertz CT molecular complexity index is 1490. The van der Waals surface area contributed by atoms with Crippen molar-refractivity contribution < 1.29 is 14.4 Å². The summed E-state index contributed by atoms with van der Waals surface area (Å²) in [4.78, 5) is 45.2. The fourth-order valence-corrected chi connectivity index (χ4v) is 5.61. The summed E-state index contributed by atoms with van der Waals surface area (Å²) in [5, 5.41) is 8.56. The van der Waals surface area contributed by atoms with Crippen LogP contribution < -0.4 is 5.32 Å². The molecule has 2 aromatic carbocycles. The summed E-state index contributed by atoms with van der Waals surface area (Å²) < 4.78 is 1.80. The van der Waals surface area contributed by atoms with Crippen molar-refractivity contribution in [2.45, 2.75) is 32.6 Å². The highest BCUT2D eigenvalue weighted by molar-refractivity contribution is 6.21. The molecule has 2 atom stereocenters. The summed E-state index contributed by atoms with van der Waals surface area (Å²) in [5.41, 5.74) is 3.96. The number of rotatable bonds is 5. The van der Waals surface area contributed by atoms with Crippen LogP contribution in [0, 0.1) is 18.8 Å². The zero-order valence-corrected chi connectivity index (χ0v) is 20.6. The van der Waals surface area contributed by atoms with Crippen molar-refractivity contribution in [3.63, 3.8) is 0 Å². The monoisotopic (exact) mass is 493 g/mol. The molecule has 37 heavy (non-hydrogen) atoms. The average molecular weight is 494 g/mol. The SMILES string of the molecule is Cc1nn(-c2ccccc2)c2ncc(NC(=O)C3CCCCC3CN3C(=O)c4ccccc4C3=O)cc12. The number of carbonyl (C=O) groups is 3. The van der Waals surface area contributed by atoms with Crippen LogP contribution in [0.4, 0.5) is 5.69 Å². The van der Waals surface area contributed by atoms with Gasteiger partial charge in [0.2, 0.25) is 5.91 Å². The van der Waals surface area contributed by atoms with Crippen LogP contribution in [0.1, 0.15) is 52.1 Å². The lowest BCUT2D eigenvalue weighted by molar-refractivity contribution is -0.122. The van der Waals surface area contributed by atoms with E-state index < -0.39 is 0 Å². The third kappa shape index (κ3) is 4.08. The second-order valence-corrected chi connectivity index (χ2v) is 9.83. The van der Waals surface area contributed by atoms with Gasteiger partial charge < -0.3 is 5.32 Å². The summed E-state index contributed by atoms with van der Waals surface area (Å²) in [5.74, 6) is -1.02. The Labute approximate surface area is 214 Å². The van der Waals surface area contributed by atoms with E-state index in [1.54, 1.807) is 35.1 Å². The van der Waals surface area contributed by atoms with E-state index in [-0.39, 0.29) is 36.1 Å². The van der Waals surface area contributed by atoms with Gasteiger partial charge in [0, 0.05) is 17.8 Å². The fraction of sp³-hybridized carbons (Fsp3) is 0.276. The molecule has 0 radical (unpaired) electrons. The number of fused-ring (bicyclic) bond motifs is 2. The lowest BCUT2D eigenvalue weighted by Gasteiger charge is -2.32. The maximum absolute atomic E-state index is 13.4. The Morgan fingerprint density at radius 1 is 0.973 bits per heavy atom. The van der Waals surface area contributed by atoms with Crippen molar-refractivity contribution in [2.75, 3.05) is 11.9 Å². The smallest absolute Gasteiger partial charge is 0.261 e. The molecule has 0 bridgehead atoms. The average Bonchev–Trinajstić information content (AvgIpc) is 3.38. The first kappa shape index (κ1) is 23.1. The number of pyridine rings is 1. The van der Waals surface area contributed by atoms with Crippen molar-refractivity contribution >= 4 is 34.4 Å². The number of aromatic nitrogens is 3. The maximum Gasteiger partial charge on any atom is 0.261 e. The van der Waals surface area contributed by atoms with Crippen LogP contribution in [0.25, 0.3) is 16.7 Å². The minimum absolute atomic E-state index is 0.0878. The third-order valence-corrected chi connectivity index (χ3v) is 7.52. The predicted octanol–water partition coefficient (Wildman–Crippen LogP) is 4.77. The van der Waals surface area contributed by atoms with Gasteiger partial charge in [-0.3, -0.25) is 19.3 Å². The molecule has 1 aliphatic heterocycles. The molecule has 0 saturated heterocycles. The maximum atomic E-state index is 13.4. The summed E-state index contributed by atoms with van der Waals surface area (Å²) in [6, 6.07) is 18.6. The first-order valence-electron chi connectivity index (χ1n) is 12.7. The van der Waals surface area contributed by atoms with Gasteiger partial charge in [0.1, 0.15) is 0 Å². The lowest BCUT2D eigenvalue weighted by atomic mass is 9.78. The number of para-hydroxylation sites is 1. The van der Waals surface area contributed by atoms with Gasteiger partial charge in [-0.05, 0) is 56.0 Å². The van der Waals surface area contributed by atoms with E-state index in [0.29, 0.717) is 16.8 Å². The molecular formula is C29H27N5O3. The number of hydrogen-bond donors (Lipinski definition) is 1. The van der Waals surface area contributed by atoms with Crippen LogP contribution in [-0.2, 0) is 4.79 Å². The number of hydrogen-bond acceptors (Lipinski definition) is 5. The van der Waals surface area contributed by atoms with Gasteiger partial charge in [-0.1, -0.05) is 43.2 Å². The van der Waals surface area contributed by atoms with Gasteiger partial charge in [0.25, 0.3) is 11.8 Å². The zero-order valence-electron chi connectivity index (χ0n) is 20.6. The van der Waals surface area contributed by atoms with Gasteiger partial charge >= 0.3 is 0 Å². The van der Waals surface area contributed by atoms with E-state index in [9.17, 15) is 14.4 Å². The summed E-state index contributed by atoms with van der Waals surface area (Å²) >= 11 is 0. The zero-order chi connectivity index (χ0) is 25.5. The molecule has 186 valence electrons. The minimum atomic E-state index is -0.290. The summed E-state index contributed by atoms with van der Waals surface area (Å²) in [6.45, 7) is 2.18. The number of aryl methyl sites for hydroxylation is 1. The lowest BCUT2D eigenvalue weighted by Crippen LogP contribution is -2.41. The van der Waals surface area contributed by atoms with Crippen LogP contribution in [0.15, 0.2) is 66.9 Å². The first-order valence-corrected chi connectivity index (χ1v) is 12.7. The van der Waals surface area contributed by atoms with Gasteiger partial charge in [-0.15, -0.1) is 0 Å². The number of nitrogens with one attached hydrogen (secondary N) is 1. The quantitative estimate of drug-likeness (QED) is 0.404. The third-order valence-electron chi connectivity index (χ3n) is 7.52. The number of imide groups is 1. The molecule has 2 unspecified atom stereocenters. The largest absolute Gasteiger partial charge is 0.324 e. The number of anilines is 1. The van der Waals surface area contributed by atoms with Crippen LogP contribution in [-0.4, -0.2) is 43.9 Å². The van der Waals surface area contributed by atoms with Crippen LogP contribution in [0.3, 0.4) is 0 Å². The van der Waals surface area contributed by atoms with Crippen molar-refractivity contribution in [2.24, 2.45) is 11.8 Å². The van der Waals surface area contributed by atoms with Crippen molar-refractivity contribution in [1.29, 1.82) is 0 Å². The molecule has 2 aliphatic rings. The van der Waals surface area contributed by atoms with Crippen LogP contribution in [0.5, 0.6) is 0 Å². The topological polar surface area (TPSA) is 97.2 Å². The molecule has 3 amide bonds. The Kier molecular flexibility index (Phi) is 5.79. The minimum Gasteiger partial charge on any atom is -0.324 e. The second-order valence-electron chi connectivity index (χ2n) is 9.83. The molecule has 1 fully saturated rings. The Hall–Kier alpha value is -4.33. The van der Waals surface area contributed by atoms with Gasteiger partial charge in [-0.25, -0.2) is 9.67 Å². The molecule has 3 heterocycles. The second kappa shape index (κ2) is 9.28. The highest BCUT2D eigenvalue weighted by atomic mass is 16.2.